The van der Waals surface area contributed by atoms with Crippen molar-refractivity contribution in [3.05, 3.63) is 71.8 Å². The largest absolute Gasteiger partial charge is 0.457 e. The van der Waals surface area contributed by atoms with Gasteiger partial charge in [-0.25, -0.2) is 0 Å². The molecular weight excluding hydrogens is 250 g/mol. The van der Waals surface area contributed by atoms with Crippen molar-refractivity contribution in [2.24, 2.45) is 5.73 Å². The normalized spacial score (nSPS) is 13.5. The fourth-order valence-corrected chi connectivity index (χ4v) is 2.01. The predicted molar refractivity (Wildman–Crippen MR) is 79.1 cm³/mol. The van der Waals surface area contributed by atoms with Gasteiger partial charge in [0.15, 0.2) is 0 Å². The Kier molecular flexibility index (Phi) is 4.91. The minimum Gasteiger partial charge on any atom is -0.457 e. The van der Waals surface area contributed by atoms with Gasteiger partial charge >= 0.3 is 5.97 Å². The lowest BCUT2D eigenvalue weighted by molar-refractivity contribution is -0.150. The lowest BCUT2D eigenvalue weighted by atomic mass is 10.1. The fourth-order valence-electron chi connectivity index (χ4n) is 2.01. The number of ether oxygens (including phenoxy) is 1. The quantitative estimate of drug-likeness (QED) is 0.849. The zero-order valence-electron chi connectivity index (χ0n) is 11.5. The number of carbonyl (C=O) groups excluding carboxylic acids is 1. The van der Waals surface area contributed by atoms with Gasteiger partial charge in [-0.2, -0.15) is 0 Å². The smallest absolute Gasteiger partial charge is 0.323 e. The van der Waals surface area contributed by atoms with Crippen LogP contribution in [-0.4, -0.2) is 12.0 Å². The Morgan fingerprint density at radius 1 is 1.05 bits per heavy atom. The Balaban J connectivity index is 1.91. The first-order valence-electron chi connectivity index (χ1n) is 6.72. The van der Waals surface area contributed by atoms with Crippen LogP contribution in [0.15, 0.2) is 60.7 Å². The van der Waals surface area contributed by atoms with Crippen LogP contribution in [0.2, 0.25) is 0 Å². The van der Waals surface area contributed by atoms with Crippen LogP contribution in [0.3, 0.4) is 0 Å². The Morgan fingerprint density at radius 3 is 2.20 bits per heavy atom. The van der Waals surface area contributed by atoms with E-state index in [1.54, 1.807) is 0 Å². The molecule has 2 N–H and O–H groups in total. The Bertz CT molecular complexity index is 539. The summed E-state index contributed by atoms with van der Waals surface area (Å²) in [4.78, 5) is 12.0. The lowest BCUT2D eigenvalue weighted by Crippen LogP contribution is -2.34. The Hall–Kier alpha value is -2.13. The molecule has 104 valence electrons. The first-order chi connectivity index (χ1) is 9.66. The molecule has 2 aromatic carbocycles. The van der Waals surface area contributed by atoms with E-state index in [1.165, 1.54) is 0 Å². The molecule has 2 aromatic rings. The van der Waals surface area contributed by atoms with Gasteiger partial charge in [0.05, 0.1) is 0 Å². The SMILES string of the molecule is C[C@H](OC(=O)[C@@H](N)Cc1ccccc1)c1ccccc1. The highest BCUT2D eigenvalue weighted by molar-refractivity contribution is 5.76. The first-order valence-corrected chi connectivity index (χ1v) is 6.72. The van der Waals surface area contributed by atoms with Gasteiger partial charge in [-0.05, 0) is 24.5 Å². The summed E-state index contributed by atoms with van der Waals surface area (Å²) in [5.74, 6) is -0.370. The van der Waals surface area contributed by atoms with Gasteiger partial charge in [-0.15, -0.1) is 0 Å². The van der Waals surface area contributed by atoms with E-state index in [1.807, 2.05) is 67.6 Å². The van der Waals surface area contributed by atoms with E-state index in [0.717, 1.165) is 11.1 Å². The van der Waals surface area contributed by atoms with Crippen LogP contribution in [0.5, 0.6) is 0 Å². The standard InChI is InChI=1S/C17H19NO2/c1-13(15-10-6-3-7-11-15)20-17(19)16(18)12-14-8-4-2-5-9-14/h2-11,13,16H,12,18H2,1H3/t13-,16-/m0/s1. The van der Waals surface area contributed by atoms with E-state index in [0.29, 0.717) is 6.42 Å². The van der Waals surface area contributed by atoms with Crippen LogP contribution in [0.4, 0.5) is 0 Å². The topological polar surface area (TPSA) is 52.3 Å². The minimum absolute atomic E-state index is 0.287. The number of carbonyl (C=O) groups is 1. The third-order valence-electron chi connectivity index (χ3n) is 3.16. The average Bonchev–Trinajstić information content (AvgIpc) is 2.49. The fraction of sp³-hybridized carbons (Fsp3) is 0.235. The number of esters is 1. The molecule has 2 rings (SSSR count). The number of rotatable bonds is 5. The molecule has 0 bridgehead atoms. The zero-order valence-corrected chi connectivity index (χ0v) is 11.5. The minimum atomic E-state index is -0.636. The van der Waals surface area contributed by atoms with E-state index in [2.05, 4.69) is 0 Å². The molecule has 0 radical (unpaired) electrons. The molecular formula is C17H19NO2. The maximum absolute atomic E-state index is 12.0. The number of nitrogens with two attached hydrogens (primary N) is 1. The van der Waals surface area contributed by atoms with E-state index >= 15 is 0 Å². The van der Waals surface area contributed by atoms with Gasteiger partial charge in [-0.3, -0.25) is 4.79 Å². The van der Waals surface area contributed by atoms with Gasteiger partial charge in [0, 0.05) is 0 Å². The van der Waals surface area contributed by atoms with Gasteiger partial charge in [0.1, 0.15) is 12.1 Å². The van der Waals surface area contributed by atoms with Crippen LogP contribution in [0.1, 0.15) is 24.2 Å². The van der Waals surface area contributed by atoms with Crippen molar-refractivity contribution in [3.8, 4) is 0 Å². The molecule has 0 fully saturated rings. The van der Waals surface area contributed by atoms with Gasteiger partial charge in [0.2, 0.25) is 0 Å². The molecule has 0 heterocycles. The van der Waals surface area contributed by atoms with E-state index in [-0.39, 0.29) is 12.1 Å². The van der Waals surface area contributed by atoms with Crippen LogP contribution in [0.25, 0.3) is 0 Å². The molecule has 2 atom stereocenters. The van der Waals surface area contributed by atoms with Crippen molar-refractivity contribution in [3.63, 3.8) is 0 Å². The maximum Gasteiger partial charge on any atom is 0.323 e. The molecule has 0 aromatic heterocycles. The molecule has 0 amide bonds. The first kappa shape index (κ1) is 14.3. The molecule has 0 spiro atoms. The van der Waals surface area contributed by atoms with Crippen LogP contribution in [-0.2, 0) is 16.0 Å². The van der Waals surface area contributed by atoms with Gasteiger partial charge < -0.3 is 10.5 Å². The lowest BCUT2D eigenvalue weighted by Gasteiger charge is -2.17. The van der Waals surface area contributed by atoms with Crippen molar-refractivity contribution in [2.75, 3.05) is 0 Å². The van der Waals surface area contributed by atoms with E-state index in [9.17, 15) is 4.79 Å². The Morgan fingerprint density at radius 2 is 1.60 bits per heavy atom. The monoisotopic (exact) mass is 269 g/mol. The molecule has 3 heteroatoms. The second-order valence-electron chi connectivity index (χ2n) is 4.79. The van der Waals surface area contributed by atoms with Crippen LogP contribution >= 0.6 is 0 Å². The maximum atomic E-state index is 12.0. The molecule has 0 unspecified atom stereocenters. The summed E-state index contributed by atoms with van der Waals surface area (Å²) in [6.45, 7) is 1.85. The van der Waals surface area contributed by atoms with Crippen LogP contribution < -0.4 is 5.73 Å². The second-order valence-corrected chi connectivity index (χ2v) is 4.79. The van der Waals surface area contributed by atoms with Gasteiger partial charge in [-0.1, -0.05) is 60.7 Å². The zero-order chi connectivity index (χ0) is 14.4. The highest BCUT2D eigenvalue weighted by atomic mass is 16.5. The highest BCUT2D eigenvalue weighted by Crippen LogP contribution is 2.17. The molecule has 0 aliphatic heterocycles. The number of hydrogen-bond acceptors (Lipinski definition) is 3. The third kappa shape index (κ3) is 3.93. The average molecular weight is 269 g/mol. The molecule has 0 aliphatic rings. The molecule has 0 saturated heterocycles. The number of hydrogen-bond donors (Lipinski definition) is 1. The third-order valence-corrected chi connectivity index (χ3v) is 3.16. The molecule has 20 heavy (non-hydrogen) atoms. The van der Waals surface area contributed by atoms with Crippen LogP contribution in [0, 0.1) is 0 Å². The van der Waals surface area contributed by atoms with Gasteiger partial charge in [0.25, 0.3) is 0 Å². The van der Waals surface area contributed by atoms with E-state index in [4.69, 9.17) is 10.5 Å². The summed E-state index contributed by atoms with van der Waals surface area (Å²) in [5.41, 5.74) is 7.90. The van der Waals surface area contributed by atoms with Crippen molar-refractivity contribution in [2.45, 2.75) is 25.5 Å². The van der Waals surface area contributed by atoms with Crippen molar-refractivity contribution < 1.29 is 9.53 Å². The summed E-state index contributed by atoms with van der Waals surface area (Å²) < 4.78 is 5.41. The van der Waals surface area contributed by atoms with Crippen molar-refractivity contribution in [1.29, 1.82) is 0 Å². The molecule has 3 nitrogen and oxygen atoms in total. The summed E-state index contributed by atoms with van der Waals surface area (Å²) in [6.07, 6.45) is 0.201. The summed E-state index contributed by atoms with van der Waals surface area (Å²) in [6, 6.07) is 18.7. The molecule has 0 aliphatic carbocycles. The Labute approximate surface area is 119 Å². The summed E-state index contributed by atoms with van der Waals surface area (Å²) in [7, 11) is 0. The summed E-state index contributed by atoms with van der Waals surface area (Å²) >= 11 is 0. The second kappa shape index (κ2) is 6.87. The van der Waals surface area contributed by atoms with E-state index < -0.39 is 6.04 Å². The van der Waals surface area contributed by atoms with Crippen molar-refractivity contribution >= 4 is 5.97 Å². The highest BCUT2D eigenvalue weighted by Gasteiger charge is 2.19. The van der Waals surface area contributed by atoms with Crippen molar-refractivity contribution in [1.82, 2.24) is 0 Å². The summed E-state index contributed by atoms with van der Waals surface area (Å²) in [5, 5.41) is 0. The molecule has 0 saturated carbocycles. The predicted octanol–water partition coefficient (Wildman–Crippen LogP) is 2.86. The number of benzene rings is 2.